The second-order valence-corrected chi connectivity index (χ2v) is 10.2. The number of rotatable bonds is 5. The SMILES string of the molecule is CS(=O)(=O)C1CCN(C(=O)CNS(=O)(=O)c2cccc(Cl)c2)CC1. The highest BCUT2D eigenvalue weighted by molar-refractivity contribution is 7.91. The molecule has 0 bridgehead atoms. The maximum Gasteiger partial charge on any atom is 0.241 e. The van der Waals surface area contributed by atoms with Crippen molar-refractivity contribution in [2.24, 2.45) is 0 Å². The van der Waals surface area contributed by atoms with Crippen molar-refractivity contribution in [3.8, 4) is 0 Å². The van der Waals surface area contributed by atoms with Gasteiger partial charge in [0.05, 0.1) is 16.7 Å². The monoisotopic (exact) mass is 394 g/mol. The summed E-state index contributed by atoms with van der Waals surface area (Å²) in [6.45, 7) is 0.226. The summed E-state index contributed by atoms with van der Waals surface area (Å²) in [5.41, 5.74) is 0. The van der Waals surface area contributed by atoms with Gasteiger partial charge in [0, 0.05) is 24.4 Å². The number of hydrogen-bond acceptors (Lipinski definition) is 5. The standard InChI is InChI=1S/C14H19ClN2O5S2/c1-23(19,20)12-5-7-17(8-6-12)14(18)10-16-24(21,22)13-4-2-3-11(15)9-13/h2-4,9,12,16H,5-8,10H2,1H3. The van der Waals surface area contributed by atoms with Crippen LogP contribution in [0, 0.1) is 0 Å². The smallest absolute Gasteiger partial charge is 0.241 e. The molecule has 0 saturated carbocycles. The topological polar surface area (TPSA) is 101 Å². The van der Waals surface area contributed by atoms with Crippen molar-refractivity contribution in [2.45, 2.75) is 23.0 Å². The lowest BCUT2D eigenvalue weighted by Gasteiger charge is -2.31. The molecule has 7 nitrogen and oxygen atoms in total. The molecule has 0 spiro atoms. The average Bonchev–Trinajstić information content (AvgIpc) is 2.52. The number of amides is 1. The van der Waals surface area contributed by atoms with E-state index in [4.69, 9.17) is 11.6 Å². The molecule has 0 radical (unpaired) electrons. The van der Waals surface area contributed by atoms with Gasteiger partial charge in [-0.25, -0.2) is 21.6 Å². The van der Waals surface area contributed by atoms with E-state index in [0.717, 1.165) is 0 Å². The van der Waals surface area contributed by atoms with Gasteiger partial charge in [-0.2, -0.15) is 0 Å². The third-order valence-corrected chi connectivity index (χ3v) is 7.24. The van der Waals surface area contributed by atoms with Crippen LogP contribution in [0.25, 0.3) is 0 Å². The Hall–Kier alpha value is -1.16. The summed E-state index contributed by atoms with van der Waals surface area (Å²) in [5.74, 6) is -0.382. The first kappa shape index (κ1) is 19.2. The molecule has 10 heteroatoms. The van der Waals surface area contributed by atoms with E-state index < -0.39 is 25.1 Å². The lowest BCUT2D eigenvalue weighted by molar-refractivity contribution is -0.130. The highest BCUT2D eigenvalue weighted by Gasteiger charge is 2.29. The Kier molecular flexibility index (Phi) is 5.90. The number of piperidine rings is 1. The number of sulfonamides is 1. The molecule has 1 N–H and O–H groups in total. The maximum atomic E-state index is 12.1. The first-order chi connectivity index (χ1) is 11.1. The normalized spacial score (nSPS) is 17.0. The fourth-order valence-corrected chi connectivity index (χ4v) is 4.86. The van der Waals surface area contributed by atoms with Gasteiger partial charge in [0.2, 0.25) is 15.9 Å². The summed E-state index contributed by atoms with van der Waals surface area (Å²) >= 11 is 5.77. The molecule has 24 heavy (non-hydrogen) atoms. The van der Waals surface area contributed by atoms with Crippen molar-refractivity contribution in [2.75, 3.05) is 25.9 Å². The molecule has 1 fully saturated rings. The van der Waals surface area contributed by atoms with Crippen LogP contribution in [0.4, 0.5) is 0 Å². The Morgan fingerprint density at radius 3 is 2.42 bits per heavy atom. The van der Waals surface area contributed by atoms with Crippen LogP contribution in [0.1, 0.15) is 12.8 Å². The molecule has 0 aliphatic carbocycles. The van der Waals surface area contributed by atoms with Gasteiger partial charge in [-0.15, -0.1) is 0 Å². The van der Waals surface area contributed by atoms with E-state index in [1.165, 1.54) is 29.4 Å². The molecular formula is C14H19ClN2O5S2. The molecule has 2 rings (SSSR count). The van der Waals surface area contributed by atoms with Crippen molar-refractivity contribution in [3.63, 3.8) is 0 Å². The van der Waals surface area contributed by atoms with Crippen LogP contribution < -0.4 is 4.72 Å². The number of likely N-dealkylation sites (tertiary alicyclic amines) is 1. The summed E-state index contributed by atoms with van der Waals surface area (Å²) in [4.78, 5) is 13.6. The van der Waals surface area contributed by atoms with E-state index in [9.17, 15) is 21.6 Å². The van der Waals surface area contributed by atoms with Gasteiger partial charge in [-0.05, 0) is 31.0 Å². The lowest BCUT2D eigenvalue weighted by atomic mass is 10.1. The zero-order valence-corrected chi connectivity index (χ0v) is 15.5. The highest BCUT2D eigenvalue weighted by atomic mass is 35.5. The second-order valence-electron chi connectivity index (χ2n) is 5.69. The van der Waals surface area contributed by atoms with Crippen LogP contribution in [0.2, 0.25) is 5.02 Å². The molecular weight excluding hydrogens is 376 g/mol. The number of hydrogen-bond donors (Lipinski definition) is 1. The van der Waals surface area contributed by atoms with Gasteiger partial charge in [0.25, 0.3) is 0 Å². The van der Waals surface area contributed by atoms with E-state index in [1.54, 1.807) is 6.07 Å². The first-order valence-electron chi connectivity index (χ1n) is 7.31. The van der Waals surface area contributed by atoms with Crippen molar-refractivity contribution in [1.29, 1.82) is 0 Å². The fourth-order valence-electron chi connectivity index (χ4n) is 2.52. The Morgan fingerprint density at radius 2 is 1.88 bits per heavy atom. The summed E-state index contributed by atoms with van der Waals surface area (Å²) in [6.07, 6.45) is 1.92. The molecule has 0 aromatic heterocycles. The third kappa shape index (κ3) is 4.92. The van der Waals surface area contributed by atoms with E-state index in [1.807, 2.05) is 0 Å². The average molecular weight is 395 g/mol. The summed E-state index contributed by atoms with van der Waals surface area (Å²) < 4.78 is 49.5. The summed E-state index contributed by atoms with van der Waals surface area (Å²) in [5, 5.41) is -0.156. The Bertz CT molecular complexity index is 815. The Balaban J connectivity index is 1.92. The van der Waals surface area contributed by atoms with Crippen LogP contribution in [-0.2, 0) is 24.7 Å². The van der Waals surface area contributed by atoms with Crippen molar-refractivity contribution < 1.29 is 21.6 Å². The second kappa shape index (κ2) is 7.38. The molecule has 1 aliphatic rings. The number of nitrogens with one attached hydrogen (secondary N) is 1. The van der Waals surface area contributed by atoms with Crippen LogP contribution in [0.5, 0.6) is 0 Å². The van der Waals surface area contributed by atoms with Crippen LogP contribution >= 0.6 is 11.6 Å². The largest absolute Gasteiger partial charge is 0.341 e. The van der Waals surface area contributed by atoms with E-state index in [0.29, 0.717) is 25.9 Å². The quantitative estimate of drug-likeness (QED) is 0.790. The van der Waals surface area contributed by atoms with Crippen LogP contribution in [-0.4, -0.2) is 58.8 Å². The zero-order chi connectivity index (χ0) is 18.0. The molecule has 1 amide bonds. The molecule has 1 aliphatic heterocycles. The molecule has 1 aromatic rings. The number of benzene rings is 1. The van der Waals surface area contributed by atoms with Gasteiger partial charge in [0.15, 0.2) is 0 Å². The number of nitrogens with zero attached hydrogens (tertiary/aromatic N) is 1. The van der Waals surface area contributed by atoms with Crippen molar-refractivity contribution >= 4 is 37.4 Å². The number of halogens is 1. The zero-order valence-electron chi connectivity index (χ0n) is 13.1. The van der Waals surface area contributed by atoms with Gasteiger partial charge in [-0.1, -0.05) is 17.7 Å². The Morgan fingerprint density at radius 1 is 1.25 bits per heavy atom. The number of sulfone groups is 1. The predicted molar refractivity (Wildman–Crippen MR) is 91.1 cm³/mol. The molecule has 0 atom stereocenters. The van der Waals surface area contributed by atoms with E-state index in [2.05, 4.69) is 4.72 Å². The van der Waals surface area contributed by atoms with Gasteiger partial charge >= 0.3 is 0 Å². The molecule has 134 valence electrons. The lowest BCUT2D eigenvalue weighted by Crippen LogP contribution is -2.46. The number of carbonyl (C=O) groups excluding carboxylic acids is 1. The Labute approximate surface area is 147 Å². The highest BCUT2D eigenvalue weighted by Crippen LogP contribution is 2.18. The van der Waals surface area contributed by atoms with Crippen LogP contribution in [0.3, 0.4) is 0 Å². The number of carbonyl (C=O) groups is 1. The van der Waals surface area contributed by atoms with E-state index in [-0.39, 0.29) is 22.4 Å². The fraction of sp³-hybridized carbons (Fsp3) is 0.500. The van der Waals surface area contributed by atoms with Gasteiger partial charge in [0.1, 0.15) is 9.84 Å². The van der Waals surface area contributed by atoms with E-state index >= 15 is 0 Å². The first-order valence-corrected chi connectivity index (χ1v) is 11.1. The van der Waals surface area contributed by atoms with Crippen LogP contribution in [0.15, 0.2) is 29.2 Å². The molecule has 1 saturated heterocycles. The molecule has 0 unspecified atom stereocenters. The third-order valence-electron chi connectivity index (χ3n) is 3.92. The summed E-state index contributed by atoms with van der Waals surface area (Å²) in [7, 11) is -6.94. The van der Waals surface area contributed by atoms with Gasteiger partial charge in [-0.3, -0.25) is 4.79 Å². The minimum Gasteiger partial charge on any atom is -0.341 e. The van der Waals surface area contributed by atoms with Gasteiger partial charge < -0.3 is 4.90 Å². The molecule has 1 heterocycles. The summed E-state index contributed by atoms with van der Waals surface area (Å²) in [6, 6.07) is 5.74. The minimum atomic E-state index is -3.83. The molecule has 1 aromatic carbocycles. The van der Waals surface area contributed by atoms with Crippen molar-refractivity contribution in [3.05, 3.63) is 29.3 Å². The predicted octanol–water partition coefficient (Wildman–Crippen LogP) is 0.654. The minimum absolute atomic E-state index is 0.0152. The van der Waals surface area contributed by atoms with Crippen molar-refractivity contribution in [1.82, 2.24) is 9.62 Å². The maximum absolute atomic E-state index is 12.1.